The number of nitrogens with two attached hydrogens (primary N) is 3. The SMILES string of the molecule is Cl.NC(=NCc1cc(Cl)cc(Cl)c1)NC(=O)c1nc(Cl)c(N)nc1N. The summed E-state index contributed by atoms with van der Waals surface area (Å²) in [4.78, 5) is 23.5. The average Bonchev–Trinajstić information content (AvgIpc) is 2.48. The maximum absolute atomic E-state index is 12.1. The first-order chi connectivity index (χ1) is 11.3. The van der Waals surface area contributed by atoms with Crippen molar-refractivity contribution in [2.24, 2.45) is 10.7 Å². The third-order valence-corrected chi connectivity index (χ3v) is 3.43. The Bertz CT molecular complexity index is 808. The van der Waals surface area contributed by atoms with Crippen LogP contribution in [-0.2, 0) is 6.54 Å². The summed E-state index contributed by atoms with van der Waals surface area (Å²) >= 11 is 17.5. The van der Waals surface area contributed by atoms with Gasteiger partial charge in [0, 0.05) is 10.0 Å². The van der Waals surface area contributed by atoms with Crippen molar-refractivity contribution in [3.05, 3.63) is 44.7 Å². The van der Waals surface area contributed by atoms with Gasteiger partial charge in [-0.1, -0.05) is 34.8 Å². The van der Waals surface area contributed by atoms with E-state index >= 15 is 0 Å². The Morgan fingerprint density at radius 1 is 1.08 bits per heavy atom. The van der Waals surface area contributed by atoms with Gasteiger partial charge in [-0.25, -0.2) is 15.0 Å². The summed E-state index contributed by atoms with van der Waals surface area (Å²) in [6.45, 7) is 0.163. The van der Waals surface area contributed by atoms with Crippen LogP contribution in [0.2, 0.25) is 15.2 Å². The average molecular weight is 425 g/mol. The molecule has 12 heteroatoms. The molecule has 1 amide bonds. The van der Waals surface area contributed by atoms with Crippen LogP contribution >= 0.6 is 47.2 Å². The predicted molar refractivity (Wildman–Crippen MR) is 102 cm³/mol. The van der Waals surface area contributed by atoms with Gasteiger partial charge in [0.15, 0.2) is 28.4 Å². The number of halogens is 4. The number of aliphatic imine (C=N–C) groups is 1. The minimum absolute atomic E-state index is 0. The van der Waals surface area contributed by atoms with Gasteiger partial charge in [-0.2, -0.15) is 0 Å². The quantitative estimate of drug-likeness (QED) is 0.439. The number of carbonyl (C=O) groups is 1. The molecule has 2 rings (SSSR count). The molecule has 8 nitrogen and oxygen atoms in total. The standard InChI is InChI=1S/C13H12Cl3N7O.ClH/c14-6-1-5(2-7(15)3-6)4-20-13(19)23-12(24)8-10(17)22-11(18)9(16)21-8;/h1-3H,4H2,(H4,17,18,22)(H3,19,20,23,24);1H. The maximum atomic E-state index is 12.1. The Labute approximate surface area is 164 Å². The van der Waals surface area contributed by atoms with Crippen molar-refractivity contribution in [2.75, 3.05) is 11.5 Å². The monoisotopic (exact) mass is 423 g/mol. The Morgan fingerprint density at radius 2 is 1.68 bits per heavy atom. The number of carbonyl (C=O) groups excluding carboxylic acids is 1. The van der Waals surface area contributed by atoms with E-state index in [1.54, 1.807) is 18.2 Å². The van der Waals surface area contributed by atoms with Gasteiger partial charge in [-0.05, 0) is 23.8 Å². The second kappa shape index (κ2) is 8.91. The van der Waals surface area contributed by atoms with Crippen molar-refractivity contribution < 1.29 is 4.79 Å². The van der Waals surface area contributed by atoms with Gasteiger partial charge >= 0.3 is 0 Å². The highest BCUT2D eigenvalue weighted by Crippen LogP contribution is 2.19. The molecule has 0 saturated heterocycles. The van der Waals surface area contributed by atoms with E-state index < -0.39 is 5.91 Å². The van der Waals surface area contributed by atoms with Crippen molar-refractivity contribution in [1.82, 2.24) is 15.3 Å². The molecular weight excluding hydrogens is 412 g/mol. The van der Waals surface area contributed by atoms with Crippen molar-refractivity contribution >= 4 is 70.7 Å². The van der Waals surface area contributed by atoms with Gasteiger partial charge in [0.1, 0.15) is 0 Å². The number of hydrogen-bond acceptors (Lipinski definition) is 6. The minimum Gasteiger partial charge on any atom is -0.382 e. The molecule has 1 aromatic carbocycles. The fourth-order valence-electron chi connectivity index (χ4n) is 1.70. The molecule has 0 saturated carbocycles. The van der Waals surface area contributed by atoms with Crippen LogP contribution in [0.4, 0.5) is 11.6 Å². The zero-order valence-corrected chi connectivity index (χ0v) is 15.5. The Kier molecular flexibility index (Phi) is 7.50. The van der Waals surface area contributed by atoms with Gasteiger partial charge < -0.3 is 17.2 Å². The number of aromatic nitrogens is 2. The summed E-state index contributed by atoms with van der Waals surface area (Å²) in [6.07, 6.45) is 0. The van der Waals surface area contributed by atoms with Crippen LogP contribution in [0, 0.1) is 0 Å². The van der Waals surface area contributed by atoms with Crippen molar-refractivity contribution in [1.29, 1.82) is 0 Å². The highest BCUT2D eigenvalue weighted by molar-refractivity contribution is 6.34. The van der Waals surface area contributed by atoms with Crippen molar-refractivity contribution in [3.63, 3.8) is 0 Å². The van der Waals surface area contributed by atoms with E-state index in [-0.39, 0.29) is 47.4 Å². The largest absolute Gasteiger partial charge is 0.382 e. The summed E-state index contributed by atoms with van der Waals surface area (Å²) in [5, 5.41) is 3.12. The molecule has 1 aromatic heterocycles. The molecule has 1 heterocycles. The molecule has 134 valence electrons. The van der Waals surface area contributed by atoms with Crippen LogP contribution in [0.5, 0.6) is 0 Å². The number of benzene rings is 1. The normalized spacial score (nSPS) is 10.9. The molecule has 7 N–H and O–H groups in total. The van der Waals surface area contributed by atoms with Crippen LogP contribution < -0.4 is 22.5 Å². The number of amides is 1. The lowest BCUT2D eigenvalue weighted by atomic mass is 10.2. The molecule has 0 aliphatic rings. The van der Waals surface area contributed by atoms with Crippen molar-refractivity contribution in [3.8, 4) is 0 Å². The topological polar surface area (TPSA) is 145 Å². The van der Waals surface area contributed by atoms with E-state index in [0.717, 1.165) is 5.56 Å². The van der Waals surface area contributed by atoms with Gasteiger partial charge in [0.25, 0.3) is 5.91 Å². The van der Waals surface area contributed by atoms with Gasteiger partial charge in [-0.3, -0.25) is 10.1 Å². The Morgan fingerprint density at radius 3 is 2.28 bits per heavy atom. The second-order valence-corrected chi connectivity index (χ2v) is 5.80. The van der Waals surface area contributed by atoms with Crippen LogP contribution in [0.25, 0.3) is 0 Å². The lowest BCUT2D eigenvalue weighted by Gasteiger charge is -2.07. The fraction of sp³-hybridized carbons (Fsp3) is 0.0769. The van der Waals surface area contributed by atoms with Crippen LogP contribution in [0.15, 0.2) is 23.2 Å². The summed E-state index contributed by atoms with van der Waals surface area (Å²) in [7, 11) is 0. The highest BCUT2D eigenvalue weighted by Gasteiger charge is 2.16. The van der Waals surface area contributed by atoms with Gasteiger partial charge in [0.05, 0.1) is 6.54 Å². The molecule has 0 radical (unpaired) electrons. The Balaban J connectivity index is 0.00000312. The van der Waals surface area contributed by atoms with Crippen LogP contribution in [-0.4, -0.2) is 21.8 Å². The molecule has 0 spiro atoms. The smallest absolute Gasteiger partial charge is 0.280 e. The molecule has 2 aromatic rings. The van der Waals surface area contributed by atoms with E-state index in [1.807, 2.05) is 0 Å². The van der Waals surface area contributed by atoms with E-state index in [9.17, 15) is 4.79 Å². The molecule has 0 aliphatic heterocycles. The molecule has 0 bridgehead atoms. The lowest BCUT2D eigenvalue weighted by Crippen LogP contribution is -2.37. The predicted octanol–water partition coefficient (Wildman–Crippen LogP) is 2.27. The zero-order valence-electron chi connectivity index (χ0n) is 12.5. The van der Waals surface area contributed by atoms with Gasteiger partial charge in [0.2, 0.25) is 0 Å². The first-order valence-electron chi connectivity index (χ1n) is 6.41. The molecule has 0 fully saturated rings. The molecular formula is C13H13Cl4N7O. The van der Waals surface area contributed by atoms with Crippen LogP contribution in [0.3, 0.4) is 0 Å². The zero-order chi connectivity index (χ0) is 17.9. The van der Waals surface area contributed by atoms with Crippen LogP contribution in [0.1, 0.15) is 16.1 Å². The number of anilines is 2. The van der Waals surface area contributed by atoms with E-state index in [4.69, 9.17) is 52.0 Å². The van der Waals surface area contributed by atoms with E-state index in [2.05, 4.69) is 20.3 Å². The third-order valence-electron chi connectivity index (χ3n) is 2.72. The fourth-order valence-corrected chi connectivity index (χ4v) is 2.40. The number of hydrogen-bond donors (Lipinski definition) is 4. The number of nitrogens with one attached hydrogen (secondary N) is 1. The number of guanidine groups is 1. The third kappa shape index (κ3) is 5.79. The molecule has 0 aliphatic carbocycles. The molecule has 0 unspecified atom stereocenters. The number of nitrogens with zero attached hydrogens (tertiary/aromatic N) is 3. The summed E-state index contributed by atoms with van der Waals surface area (Å²) in [6, 6.07) is 4.94. The number of nitrogen functional groups attached to an aromatic ring is 2. The lowest BCUT2D eigenvalue weighted by molar-refractivity contribution is 0.0972. The molecule has 0 atom stereocenters. The minimum atomic E-state index is -0.715. The first-order valence-corrected chi connectivity index (χ1v) is 7.54. The maximum Gasteiger partial charge on any atom is 0.280 e. The van der Waals surface area contributed by atoms with Gasteiger partial charge in [-0.15, -0.1) is 12.4 Å². The Hall–Kier alpha value is -2.00. The van der Waals surface area contributed by atoms with E-state index in [1.165, 1.54) is 0 Å². The first kappa shape index (κ1) is 21.0. The van der Waals surface area contributed by atoms with E-state index in [0.29, 0.717) is 10.0 Å². The number of rotatable bonds is 3. The van der Waals surface area contributed by atoms with Crippen molar-refractivity contribution in [2.45, 2.75) is 6.54 Å². The molecule has 25 heavy (non-hydrogen) atoms. The summed E-state index contributed by atoms with van der Waals surface area (Å²) in [5.41, 5.74) is 17.2. The summed E-state index contributed by atoms with van der Waals surface area (Å²) < 4.78 is 0. The highest BCUT2D eigenvalue weighted by atomic mass is 35.5. The summed E-state index contributed by atoms with van der Waals surface area (Å²) in [5.74, 6) is -1.12. The second-order valence-electron chi connectivity index (χ2n) is 4.57.